The zero-order valence-corrected chi connectivity index (χ0v) is 8.50. The summed E-state index contributed by atoms with van der Waals surface area (Å²) in [4.78, 5) is 2.76. The minimum atomic E-state index is 0.823. The van der Waals surface area contributed by atoms with E-state index in [1.807, 2.05) is 0 Å². The van der Waals surface area contributed by atoms with Crippen molar-refractivity contribution in [3.05, 3.63) is 0 Å². The highest BCUT2D eigenvalue weighted by molar-refractivity contribution is 5.02. The topological polar surface area (TPSA) is 15.3 Å². The predicted molar refractivity (Wildman–Crippen MR) is 53.7 cm³/mol. The van der Waals surface area contributed by atoms with Crippen LogP contribution in [0.1, 0.15) is 32.6 Å². The molecule has 1 aliphatic carbocycles. The summed E-state index contributed by atoms with van der Waals surface area (Å²) >= 11 is 0. The molecule has 0 spiro atoms. The molecule has 74 valence electrons. The quantitative estimate of drug-likeness (QED) is 0.653. The van der Waals surface area contributed by atoms with E-state index in [0.29, 0.717) is 0 Å². The molecule has 2 nitrogen and oxygen atoms in total. The molecule has 3 atom stereocenters. The van der Waals surface area contributed by atoms with Crippen LogP contribution >= 0.6 is 0 Å². The highest BCUT2D eigenvalue weighted by Gasteiger charge is 2.45. The van der Waals surface area contributed by atoms with Gasteiger partial charge in [0.05, 0.1) is 0 Å². The Balaban J connectivity index is 1.73. The summed E-state index contributed by atoms with van der Waals surface area (Å²) in [6.45, 7) is 5.03. The van der Waals surface area contributed by atoms with Gasteiger partial charge in [0, 0.05) is 24.7 Å². The third kappa shape index (κ3) is 1.31. The van der Waals surface area contributed by atoms with Crippen molar-refractivity contribution in [2.75, 3.05) is 13.1 Å². The van der Waals surface area contributed by atoms with Crippen LogP contribution in [0, 0.1) is 5.92 Å². The zero-order valence-electron chi connectivity index (χ0n) is 8.50. The number of piperidine rings is 1. The Morgan fingerprint density at radius 2 is 2.08 bits per heavy atom. The van der Waals surface area contributed by atoms with Gasteiger partial charge in [-0.05, 0) is 45.1 Å². The number of rotatable bonds is 1. The van der Waals surface area contributed by atoms with Crippen molar-refractivity contribution in [2.45, 2.75) is 50.7 Å². The third-order valence-corrected chi connectivity index (χ3v) is 4.20. The van der Waals surface area contributed by atoms with Crippen molar-refractivity contribution in [3.63, 3.8) is 0 Å². The third-order valence-electron chi connectivity index (χ3n) is 4.20. The number of likely N-dealkylation sites (tertiary alicyclic amines) is 1. The van der Waals surface area contributed by atoms with Crippen LogP contribution in [0.5, 0.6) is 0 Å². The maximum atomic E-state index is 3.68. The van der Waals surface area contributed by atoms with Crippen molar-refractivity contribution >= 4 is 0 Å². The van der Waals surface area contributed by atoms with Crippen LogP contribution in [0.3, 0.4) is 0 Å². The van der Waals surface area contributed by atoms with Gasteiger partial charge in [-0.1, -0.05) is 0 Å². The summed E-state index contributed by atoms with van der Waals surface area (Å²) in [5.74, 6) is 0.953. The molecule has 3 aliphatic rings. The fourth-order valence-electron chi connectivity index (χ4n) is 3.28. The Hall–Kier alpha value is -0.0800. The van der Waals surface area contributed by atoms with Crippen molar-refractivity contribution < 1.29 is 0 Å². The van der Waals surface area contributed by atoms with E-state index in [9.17, 15) is 0 Å². The van der Waals surface area contributed by atoms with Crippen LogP contribution in [0.25, 0.3) is 0 Å². The molecule has 2 aliphatic heterocycles. The van der Waals surface area contributed by atoms with Crippen LogP contribution in [0.15, 0.2) is 0 Å². The number of nitrogens with one attached hydrogen (secondary N) is 1. The first-order chi connectivity index (χ1) is 6.36. The second kappa shape index (κ2) is 2.96. The first kappa shape index (κ1) is 8.25. The van der Waals surface area contributed by atoms with Crippen molar-refractivity contribution in [1.82, 2.24) is 10.2 Å². The van der Waals surface area contributed by atoms with E-state index in [1.54, 1.807) is 0 Å². The summed E-state index contributed by atoms with van der Waals surface area (Å²) in [6.07, 6.45) is 5.78. The molecule has 0 amide bonds. The first-order valence-electron chi connectivity index (χ1n) is 5.85. The maximum Gasteiger partial charge on any atom is 0.0238 e. The van der Waals surface area contributed by atoms with Gasteiger partial charge < -0.3 is 5.32 Å². The van der Waals surface area contributed by atoms with Crippen molar-refractivity contribution in [1.29, 1.82) is 0 Å². The molecule has 1 N–H and O–H groups in total. The van der Waals surface area contributed by atoms with Gasteiger partial charge in [0.2, 0.25) is 0 Å². The second-order valence-corrected chi connectivity index (χ2v) is 5.04. The largest absolute Gasteiger partial charge is 0.312 e. The van der Waals surface area contributed by atoms with Crippen LogP contribution in [0.4, 0.5) is 0 Å². The van der Waals surface area contributed by atoms with Gasteiger partial charge in [0.25, 0.3) is 0 Å². The summed E-state index contributed by atoms with van der Waals surface area (Å²) in [7, 11) is 0. The SMILES string of the molecule is CC1C2CCCNC2CN1C1CC1. The molecule has 0 aromatic heterocycles. The van der Waals surface area contributed by atoms with E-state index in [0.717, 1.165) is 24.0 Å². The molecule has 13 heavy (non-hydrogen) atoms. The first-order valence-corrected chi connectivity index (χ1v) is 5.85. The number of nitrogens with zero attached hydrogens (tertiary/aromatic N) is 1. The van der Waals surface area contributed by atoms with Crippen LogP contribution in [-0.2, 0) is 0 Å². The number of hydrogen-bond acceptors (Lipinski definition) is 2. The second-order valence-electron chi connectivity index (χ2n) is 5.04. The van der Waals surface area contributed by atoms with Gasteiger partial charge >= 0.3 is 0 Å². The molecule has 1 saturated carbocycles. The van der Waals surface area contributed by atoms with Gasteiger partial charge in [0.1, 0.15) is 0 Å². The van der Waals surface area contributed by atoms with E-state index in [-0.39, 0.29) is 0 Å². The highest BCUT2D eigenvalue weighted by atomic mass is 15.3. The molecule has 2 saturated heterocycles. The lowest BCUT2D eigenvalue weighted by atomic mass is 9.89. The van der Waals surface area contributed by atoms with Crippen molar-refractivity contribution in [3.8, 4) is 0 Å². The molecule has 2 heterocycles. The minimum Gasteiger partial charge on any atom is -0.312 e. The molecule has 3 rings (SSSR count). The summed E-state index contributed by atoms with van der Waals surface area (Å²) in [5, 5.41) is 3.68. The fraction of sp³-hybridized carbons (Fsp3) is 1.00. The molecule has 3 unspecified atom stereocenters. The normalized spacial score (nSPS) is 46.4. The Kier molecular flexibility index (Phi) is 1.88. The van der Waals surface area contributed by atoms with Crippen LogP contribution in [0.2, 0.25) is 0 Å². The standard InChI is InChI=1S/C11H20N2/c1-8-10-3-2-6-12-11(10)7-13(8)9-4-5-9/h8-12H,2-7H2,1H3. The van der Waals surface area contributed by atoms with Gasteiger partial charge in [-0.2, -0.15) is 0 Å². The molecule has 0 bridgehead atoms. The predicted octanol–water partition coefficient (Wildman–Crippen LogP) is 1.22. The lowest BCUT2D eigenvalue weighted by Crippen LogP contribution is -2.41. The van der Waals surface area contributed by atoms with E-state index < -0.39 is 0 Å². The summed E-state index contributed by atoms with van der Waals surface area (Å²) in [6, 6.07) is 2.64. The maximum absolute atomic E-state index is 3.68. The Bertz CT molecular complexity index is 198. The van der Waals surface area contributed by atoms with E-state index >= 15 is 0 Å². The summed E-state index contributed by atoms with van der Waals surface area (Å²) in [5.41, 5.74) is 0. The van der Waals surface area contributed by atoms with Gasteiger partial charge in [-0.25, -0.2) is 0 Å². The van der Waals surface area contributed by atoms with E-state index in [1.165, 1.54) is 38.8 Å². The lowest BCUT2D eigenvalue weighted by Gasteiger charge is -2.28. The average molecular weight is 180 g/mol. The van der Waals surface area contributed by atoms with E-state index in [4.69, 9.17) is 0 Å². The van der Waals surface area contributed by atoms with Crippen LogP contribution < -0.4 is 5.32 Å². The zero-order chi connectivity index (χ0) is 8.84. The van der Waals surface area contributed by atoms with Crippen LogP contribution in [-0.4, -0.2) is 36.1 Å². The number of hydrogen-bond donors (Lipinski definition) is 1. The molecule has 3 fully saturated rings. The molecule has 0 radical (unpaired) electrons. The smallest absolute Gasteiger partial charge is 0.0238 e. The van der Waals surface area contributed by atoms with E-state index in [2.05, 4.69) is 17.1 Å². The highest BCUT2D eigenvalue weighted by Crippen LogP contribution is 2.38. The van der Waals surface area contributed by atoms with Crippen molar-refractivity contribution in [2.24, 2.45) is 5.92 Å². The van der Waals surface area contributed by atoms with Gasteiger partial charge in [0.15, 0.2) is 0 Å². The summed E-state index contributed by atoms with van der Waals surface area (Å²) < 4.78 is 0. The Labute approximate surface area is 80.7 Å². The monoisotopic (exact) mass is 180 g/mol. The van der Waals surface area contributed by atoms with Gasteiger partial charge in [-0.3, -0.25) is 4.90 Å². The molecular weight excluding hydrogens is 160 g/mol. The lowest BCUT2D eigenvalue weighted by molar-refractivity contribution is 0.223. The fourth-order valence-corrected chi connectivity index (χ4v) is 3.28. The average Bonchev–Trinajstić information content (AvgIpc) is 2.94. The number of fused-ring (bicyclic) bond motifs is 1. The Morgan fingerprint density at radius 3 is 2.77 bits per heavy atom. The molecule has 2 heteroatoms. The molecule has 0 aromatic carbocycles. The molecular formula is C11H20N2. The molecule has 0 aromatic rings. The van der Waals surface area contributed by atoms with Gasteiger partial charge in [-0.15, -0.1) is 0 Å². The minimum absolute atomic E-state index is 0.823. The Morgan fingerprint density at radius 1 is 1.23 bits per heavy atom.